The largest absolute Gasteiger partial charge is 0.359 e. The van der Waals surface area contributed by atoms with Gasteiger partial charge in [0.1, 0.15) is 0 Å². The number of carbonyl (C=O) groups is 2. The van der Waals surface area contributed by atoms with Crippen LogP contribution in [0.3, 0.4) is 0 Å². The highest BCUT2D eigenvalue weighted by Crippen LogP contribution is 2.30. The van der Waals surface area contributed by atoms with Crippen molar-refractivity contribution in [2.75, 3.05) is 0 Å². The molecule has 0 fully saturated rings. The lowest BCUT2D eigenvalue weighted by Crippen LogP contribution is -2.32. The summed E-state index contributed by atoms with van der Waals surface area (Å²) >= 11 is 2.80. The molecule has 5 aromatic rings. The van der Waals surface area contributed by atoms with E-state index in [1.807, 2.05) is 42.5 Å². The number of rotatable bonds is 4. The highest BCUT2D eigenvalue weighted by molar-refractivity contribution is 7.18. The Bertz CT molecular complexity index is 1380. The van der Waals surface area contributed by atoms with Crippen LogP contribution in [0, 0.1) is 5.21 Å². The normalized spacial score (nSPS) is 11.3. The number of aromatic nitrogens is 2. The summed E-state index contributed by atoms with van der Waals surface area (Å²) in [6.07, 6.45) is 0. The second-order valence-electron chi connectivity index (χ2n) is 6.08. The standard InChI is InChI=1S/C20H10N2O4S2/c23-19(13-9-27-15-7-3-1-5-11(13)15)17-18(22(25)26-21-17)20(24)14-10-28-16-8-4-2-6-12(14)16/h1-10H. The van der Waals surface area contributed by atoms with Gasteiger partial charge in [-0.2, -0.15) is 0 Å². The number of ketones is 2. The summed E-state index contributed by atoms with van der Waals surface area (Å²) in [5.74, 6) is -1.10. The Hall–Kier alpha value is -3.36. The van der Waals surface area contributed by atoms with Crippen LogP contribution < -0.4 is 4.90 Å². The Labute approximate surface area is 165 Å². The van der Waals surface area contributed by atoms with E-state index in [0.29, 0.717) is 11.1 Å². The van der Waals surface area contributed by atoms with Gasteiger partial charge in [-0.25, -0.2) is 0 Å². The molecule has 6 nitrogen and oxygen atoms in total. The first-order chi connectivity index (χ1) is 13.6. The highest BCUT2D eigenvalue weighted by Gasteiger charge is 2.35. The number of hydrogen-bond acceptors (Lipinski definition) is 7. The van der Waals surface area contributed by atoms with Crippen LogP contribution in [-0.2, 0) is 0 Å². The van der Waals surface area contributed by atoms with Crippen LogP contribution in [0.25, 0.3) is 20.2 Å². The van der Waals surface area contributed by atoms with Crippen molar-refractivity contribution in [2.45, 2.75) is 0 Å². The number of carbonyl (C=O) groups excluding carboxylic acids is 2. The second-order valence-corrected chi connectivity index (χ2v) is 7.90. The quantitative estimate of drug-likeness (QED) is 0.330. The molecule has 0 spiro atoms. The van der Waals surface area contributed by atoms with Crippen LogP contribution in [0.15, 0.2) is 63.9 Å². The van der Waals surface area contributed by atoms with Crippen LogP contribution in [0.4, 0.5) is 0 Å². The van der Waals surface area contributed by atoms with Gasteiger partial charge in [0.05, 0.1) is 5.16 Å². The fourth-order valence-corrected chi connectivity index (χ4v) is 5.03. The Kier molecular flexibility index (Phi) is 3.81. The van der Waals surface area contributed by atoms with Crippen molar-refractivity contribution in [1.29, 1.82) is 0 Å². The lowest BCUT2D eigenvalue weighted by atomic mass is 10.0. The predicted octanol–water partition coefficient (Wildman–Crippen LogP) is 4.20. The first-order valence-corrected chi connectivity index (χ1v) is 10.0. The smallest absolute Gasteiger partial charge is 0.300 e. The molecule has 0 aliphatic rings. The minimum atomic E-state index is -0.586. The Balaban J connectivity index is 1.64. The van der Waals surface area contributed by atoms with Crippen LogP contribution in [0.1, 0.15) is 32.1 Å². The zero-order chi connectivity index (χ0) is 19.3. The Morgan fingerprint density at radius 3 is 2.00 bits per heavy atom. The predicted molar refractivity (Wildman–Crippen MR) is 106 cm³/mol. The van der Waals surface area contributed by atoms with Crippen LogP contribution in [-0.4, -0.2) is 16.7 Å². The lowest BCUT2D eigenvalue weighted by Gasteiger charge is -1.98. The monoisotopic (exact) mass is 406 g/mol. The zero-order valence-electron chi connectivity index (χ0n) is 14.1. The maximum Gasteiger partial charge on any atom is 0.300 e. The molecular formula is C20H10N2O4S2. The van der Waals surface area contributed by atoms with Gasteiger partial charge in [0.25, 0.3) is 11.4 Å². The molecule has 0 aliphatic carbocycles. The topological polar surface area (TPSA) is 87.1 Å². The SMILES string of the molecule is O=C(c1no[n+]([O-])c1C(=O)c1csc2ccccc12)c1csc2ccccc12. The summed E-state index contributed by atoms with van der Waals surface area (Å²) in [5.41, 5.74) is 0.0546. The van der Waals surface area contributed by atoms with Gasteiger partial charge in [-0.3, -0.25) is 14.2 Å². The molecule has 0 radical (unpaired) electrons. The molecule has 8 heteroatoms. The number of hydrogen-bond donors (Lipinski definition) is 0. The summed E-state index contributed by atoms with van der Waals surface area (Å²) in [5, 5.41) is 20.6. The van der Waals surface area contributed by atoms with E-state index >= 15 is 0 Å². The fraction of sp³-hybridized carbons (Fsp3) is 0. The van der Waals surface area contributed by atoms with Crippen molar-refractivity contribution in [2.24, 2.45) is 0 Å². The van der Waals surface area contributed by atoms with E-state index < -0.39 is 17.3 Å². The van der Waals surface area contributed by atoms with Gasteiger partial charge in [-0.1, -0.05) is 36.4 Å². The van der Waals surface area contributed by atoms with E-state index in [2.05, 4.69) is 9.79 Å². The average molecular weight is 406 g/mol. The molecule has 0 saturated carbocycles. The van der Waals surface area contributed by atoms with E-state index in [-0.39, 0.29) is 10.6 Å². The van der Waals surface area contributed by atoms with Crippen molar-refractivity contribution >= 4 is 54.4 Å². The number of thiophene rings is 2. The maximum absolute atomic E-state index is 13.1. The molecule has 0 N–H and O–H groups in total. The van der Waals surface area contributed by atoms with E-state index in [4.69, 9.17) is 0 Å². The van der Waals surface area contributed by atoms with Crippen LogP contribution in [0.2, 0.25) is 0 Å². The minimum absolute atomic E-state index is 0.0105. The third kappa shape index (κ3) is 2.46. The lowest BCUT2D eigenvalue weighted by molar-refractivity contribution is -0.803. The van der Waals surface area contributed by atoms with Crippen molar-refractivity contribution in [3.05, 3.63) is 87.0 Å². The van der Waals surface area contributed by atoms with Gasteiger partial charge in [-0.05, 0) is 17.0 Å². The second kappa shape index (κ2) is 6.36. The van der Waals surface area contributed by atoms with E-state index in [1.165, 1.54) is 22.7 Å². The summed E-state index contributed by atoms with van der Waals surface area (Å²) in [6, 6.07) is 14.8. The molecule has 0 saturated heterocycles. The molecule has 136 valence electrons. The molecule has 3 aromatic heterocycles. The van der Waals surface area contributed by atoms with Gasteiger partial charge < -0.3 is 5.21 Å². The third-order valence-corrected chi connectivity index (χ3v) is 6.42. The molecule has 28 heavy (non-hydrogen) atoms. The third-order valence-electron chi connectivity index (χ3n) is 4.49. The minimum Gasteiger partial charge on any atom is -0.359 e. The summed E-state index contributed by atoms with van der Waals surface area (Å²) < 4.78 is 6.48. The molecule has 0 amide bonds. The Morgan fingerprint density at radius 2 is 1.39 bits per heavy atom. The zero-order valence-corrected chi connectivity index (χ0v) is 15.8. The van der Waals surface area contributed by atoms with E-state index in [1.54, 1.807) is 16.8 Å². The molecule has 0 atom stereocenters. The van der Waals surface area contributed by atoms with Gasteiger partial charge in [0.15, 0.2) is 0 Å². The summed E-state index contributed by atoms with van der Waals surface area (Å²) in [7, 11) is 0. The van der Waals surface area contributed by atoms with Gasteiger partial charge in [0.2, 0.25) is 11.6 Å². The van der Waals surface area contributed by atoms with Crippen LogP contribution in [0.5, 0.6) is 0 Å². The Morgan fingerprint density at radius 1 is 0.857 bits per heavy atom. The van der Waals surface area contributed by atoms with E-state index in [9.17, 15) is 14.8 Å². The maximum atomic E-state index is 13.1. The first-order valence-electron chi connectivity index (χ1n) is 8.26. The van der Waals surface area contributed by atoms with Crippen LogP contribution >= 0.6 is 22.7 Å². The molecular weight excluding hydrogens is 396 g/mol. The van der Waals surface area contributed by atoms with Crippen molar-refractivity contribution in [1.82, 2.24) is 5.16 Å². The molecule has 0 unspecified atom stereocenters. The summed E-state index contributed by atoms with van der Waals surface area (Å²) in [4.78, 5) is 26.2. The molecule has 2 aromatic carbocycles. The number of fused-ring (bicyclic) bond motifs is 2. The van der Waals surface area contributed by atoms with Crippen molar-refractivity contribution < 1.29 is 19.1 Å². The van der Waals surface area contributed by atoms with Gasteiger partial charge >= 0.3 is 0 Å². The van der Waals surface area contributed by atoms with Crippen molar-refractivity contribution in [3.63, 3.8) is 0 Å². The van der Waals surface area contributed by atoms with Crippen molar-refractivity contribution in [3.8, 4) is 0 Å². The average Bonchev–Trinajstić information content (AvgIpc) is 3.43. The highest BCUT2D eigenvalue weighted by atomic mass is 32.1. The number of nitrogens with zero attached hydrogens (tertiary/aromatic N) is 2. The fourth-order valence-electron chi connectivity index (χ4n) is 3.15. The molecule has 5 rings (SSSR count). The molecule has 3 heterocycles. The summed E-state index contributed by atoms with van der Waals surface area (Å²) in [6.45, 7) is 0. The molecule has 0 aliphatic heterocycles. The number of benzene rings is 2. The van der Waals surface area contributed by atoms with Gasteiger partial charge in [-0.15, -0.1) is 22.7 Å². The van der Waals surface area contributed by atoms with Gasteiger partial charge in [0, 0.05) is 42.1 Å². The first kappa shape index (κ1) is 16.8. The van der Waals surface area contributed by atoms with E-state index in [0.717, 1.165) is 20.2 Å². The molecule has 0 bridgehead atoms.